The van der Waals surface area contributed by atoms with Crippen LogP contribution in [0.25, 0.3) is 0 Å². The highest BCUT2D eigenvalue weighted by molar-refractivity contribution is 7.88. The van der Waals surface area contributed by atoms with E-state index in [1.165, 1.54) is 0 Å². The van der Waals surface area contributed by atoms with Crippen molar-refractivity contribution < 1.29 is 13.2 Å². The van der Waals surface area contributed by atoms with Gasteiger partial charge in [0, 0.05) is 30.9 Å². The fourth-order valence-electron chi connectivity index (χ4n) is 2.54. The summed E-state index contributed by atoms with van der Waals surface area (Å²) in [6, 6.07) is 6.92. The molecule has 0 radical (unpaired) electrons. The smallest absolute Gasteiger partial charge is 0.253 e. The molecule has 0 aliphatic carbocycles. The summed E-state index contributed by atoms with van der Waals surface area (Å²) in [4.78, 5) is 14.2. The molecule has 3 N–H and O–H groups in total. The normalized spacial score (nSPS) is 19.5. The summed E-state index contributed by atoms with van der Waals surface area (Å²) >= 11 is 0. The van der Waals surface area contributed by atoms with Gasteiger partial charge in [0.2, 0.25) is 10.0 Å². The Balaban J connectivity index is 1.99. The molecule has 0 spiro atoms. The first-order valence-corrected chi connectivity index (χ1v) is 8.84. The SMILES string of the molecule is CS(=O)(=O)NCC1CCCN(C(=O)c2cccc(N)c2)C1. The van der Waals surface area contributed by atoms with E-state index in [0.29, 0.717) is 30.9 Å². The lowest BCUT2D eigenvalue weighted by Gasteiger charge is -2.32. The zero-order chi connectivity index (χ0) is 15.5. The van der Waals surface area contributed by atoms with Gasteiger partial charge >= 0.3 is 0 Å². The number of hydrogen-bond acceptors (Lipinski definition) is 4. The Hall–Kier alpha value is -1.60. The summed E-state index contributed by atoms with van der Waals surface area (Å²) in [5.74, 6) is 0.102. The summed E-state index contributed by atoms with van der Waals surface area (Å²) in [7, 11) is -3.19. The second kappa shape index (κ2) is 6.44. The molecule has 1 amide bonds. The number of nitrogens with one attached hydrogen (secondary N) is 1. The van der Waals surface area contributed by atoms with E-state index in [-0.39, 0.29) is 11.8 Å². The minimum Gasteiger partial charge on any atom is -0.399 e. The zero-order valence-electron chi connectivity index (χ0n) is 12.1. The van der Waals surface area contributed by atoms with Crippen LogP contribution >= 0.6 is 0 Å². The number of rotatable bonds is 4. The van der Waals surface area contributed by atoms with Gasteiger partial charge in [0.15, 0.2) is 0 Å². The molecule has 21 heavy (non-hydrogen) atoms. The van der Waals surface area contributed by atoms with Crippen molar-refractivity contribution in [2.75, 3.05) is 31.6 Å². The molecule has 2 rings (SSSR count). The summed E-state index contributed by atoms with van der Waals surface area (Å²) < 4.78 is 24.8. The average Bonchev–Trinajstić information content (AvgIpc) is 2.44. The number of likely N-dealkylation sites (tertiary alicyclic amines) is 1. The largest absolute Gasteiger partial charge is 0.399 e. The number of anilines is 1. The number of nitrogens with two attached hydrogens (primary N) is 1. The summed E-state index contributed by atoms with van der Waals surface area (Å²) in [6.45, 7) is 1.64. The van der Waals surface area contributed by atoms with Gasteiger partial charge in [-0.3, -0.25) is 4.79 Å². The Labute approximate surface area is 125 Å². The maximum Gasteiger partial charge on any atom is 0.253 e. The first kappa shape index (κ1) is 15.8. The van der Waals surface area contributed by atoms with Gasteiger partial charge in [-0.05, 0) is 37.0 Å². The number of amides is 1. The van der Waals surface area contributed by atoms with E-state index in [0.717, 1.165) is 19.1 Å². The Bertz CT molecular complexity index is 616. The van der Waals surface area contributed by atoms with Crippen molar-refractivity contribution in [2.45, 2.75) is 12.8 Å². The average molecular weight is 311 g/mol. The van der Waals surface area contributed by atoms with Gasteiger partial charge in [-0.25, -0.2) is 13.1 Å². The van der Waals surface area contributed by atoms with Gasteiger partial charge in [0.1, 0.15) is 0 Å². The highest BCUT2D eigenvalue weighted by Gasteiger charge is 2.25. The van der Waals surface area contributed by atoms with Crippen molar-refractivity contribution in [1.29, 1.82) is 0 Å². The third-order valence-electron chi connectivity index (χ3n) is 3.57. The molecule has 1 heterocycles. The van der Waals surface area contributed by atoms with E-state index < -0.39 is 10.0 Å². The van der Waals surface area contributed by atoms with E-state index in [9.17, 15) is 13.2 Å². The molecule has 6 nitrogen and oxygen atoms in total. The minimum atomic E-state index is -3.19. The Kier molecular flexibility index (Phi) is 4.84. The van der Waals surface area contributed by atoms with Gasteiger partial charge in [-0.15, -0.1) is 0 Å². The van der Waals surface area contributed by atoms with Crippen LogP contribution in [0.15, 0.2) is 24.3 Å². The molecule has 0 bridgehead atoms. The van der Waals surface area contributed by atoms with Crippen molar-refractivity contribution in [3.05, 3.63) is 29.8 Å². The van der Waals surface area contributed by atoms with E-state index >= 15 is 0 Å². The predicted octanol–water partition coefficient (Wildman–Crippen LogP) is 0.670. The fourth-order valence-corrected chi connectivity index (χ4v) is 3.08. The number of nitrogens with zero attached hydrogens (tertiary/aromatic N) is 1. The second-order valence-electron chi connectivity index (χ2n) is 5.51. The van der Waals surface area contributed by atoms with Crippen LogP contribution in [0.1, 0.15) is 23.2 Å². The number of carbonyl (C=O) groups is 1. The van der Waals surface area contributed by atoms with Crippen LogP contribution in [0.3, 0.4) is 0 Å². The molecule has 1 aliphatic rings. The summed E-state index contributed by atoms with van der Waals surface area (Å²) in [6.07, 6.45) is 2.94. The standard InChI is InChI=1S/C14H21N3O3S/c1-21(19,20)16-9-11-4-3-7-17(10-11)14(18)12-5-2-6-13(15)8-12/h2,5-6,8,11,16H,3-4,7,9-10,15H2,1H3. The quantitative estimate of drug-likeness (QED) is 0.799. The number of carbonyl (C=O) groups excluding carboxylic acids is 1. The Morgan fingerprint density at radius 2 is 2.24 bits per heavy atom. The van der Waals surface area contributed by atoms with Crippen LogP contribution in [-0.2, 0) is 10.0 Å². The van der Waals surface area contributed by atoms with Crippen LogP contribution in [0.2, 0.25) is 0 Å². The van der Waals surface area contributed by atoms with Crippen LogP contribution in [-0.4, -0.2) is 45.1 Å². The van der Waals surface area contributed by atoms with Crippen molar-refractivity contribution in [3.8, 4) is 0 Å². The number of benzene rings is 1. The number of nitrogen functional groups attached to an aromatic ring is 1. The molecule has 0 aromatic heterocycles. The molecule has 1 unspecified atom stereocenters. The molecule has 1 aromatic rings. The highest BCUT2D eigenvalue weighted by Crippen LogP contribution is 2.19. The Morgan fingerprint density at radius 3 is 2.90 bits per heavy atom. The Morgan fingerprint density at radius 1 is 1.48 bits per heavy atom. The van der Waals surface area contributed by atoms with Crippen LogP contribution in [0.5, 0.6) is 0 Å². The third-order valence-corrected chi connectivity index (χ3v) is 4.27. The number of piperidine rings is 1. The van der Waals surface area contributed by atoms with Crippen molar-refractivity contribution >= 4 is 21.6 Å². The van der Waals surface area contributed by atoms with E-state index in [4.69, 9.17) is 5.73 Å². The molecule has 1 aliphatic heterocycles. The van der Waals surface area contributed by atoms with E-state index in [2.05, 4.69) is 4.72 Å². The zero-order valence-corrected chi connectivity index (χ0v) is 12.9. The van der Waals surface area contributed by atoms with Gasteiger partial charge < -0.3 is 10.6 Å². The molecule has 0 saturated carbocycles. The van der Waals surface area contributed by atoms with Gasteiger partial charge in [-0.2, -0.15) is 0 Å². The topological polar surface area (TPSA) is 92.5 Å². The fraction of sp³-hybridized carbons (Fsp3) is 0.500. The minimum absolute atomic E-state index is 0.0497. The first-order valence-electron chi connectivity index (χ1n) is 6.94. The molecular weight excluding hydrogens is 290 g/mol. The third kappa shape index (κ3) is 4.71. The van der Waals surface area contributed by atoms with Crippen molar-refractivity contribution in [3.63, 3.8) is 0 Å². The maximum absolute atomic E-state index is 12.4. The molecule has 1 atom stereocenters. The van der Waals surface area contributed by atoms with E-state index in [1.54, 1.807) is 29.2 Å². The number of hydrogen-bond donors (Lipinski definition) is 2. The molecule has 7 heteroatoms. The lowest BCUT2D eigenvalue weighted by atomic mass is 9.97. The van der Waals surface area contributed by atoms with Crippen LogP contribution in [0, 0.1) is 5.92 Å². The predicted molar refractivity (Wildman–Crippen MR) is 82.3 cm³/mol. The van der Waals surface area contributed by atoms with E-state index in [1.807, 2.05) is 0 Å². The van der Waals surface area contributed by atoms with Gasteiger partial charge in [0.25, 0.3) is 5.91 Å². The summed E-state index contributed by atoms with van der Waals surface area (Å²) in [5.41, 5.74) is 6.84. The molecule has 1 aromatic carbocycles. The number of sulfonamides is 1. The lowest BCUT2D eigenvalue weighted by Crippen LogP contribution is -2.43. The maximum atomic E-state index is 12.4. The van der Waals surface area contributed by atoms with Crippen molar-refractivity contribution in [1.82, 2.24) is 9.62 Å². The molecular formula is C14H21N3O3S. The van der Waals surface area contributed by atoms with Crippen LogP contribution < -0.4 is 10.5 Å². The highest BCUT2D eigenvalue weighted by atomic mass is 32.2. The second-order valence-corrected chi connectivity index (χ2v) is 7.34. The summed E-state index contributed by atoms with van der Waals surface area (Å²) in [5, 5.41) is 0. The van der Waals surface area contributed by atoms with Gasteiger partial charge in [0.05, 0.1) is 6.26 Å². The first-order chi connectivity index (χ1) is 9.85. The molecule has 116 valence electrons. The molecule has 1 fully saturated rings. The van der Waals surface area contributed by atoms with Crippen LogP contribution in [0.4, 0.5) is 5.69 Å². The monoisotopic (exact) mass is 311 g/mol. The lowest BCUT2D eigenvalue weighted by molar-refractivity contribution is 0.0676. The van der Waals surface area contributed by atoms with Gasteiger partial charge in [-0.1, -0.05) is 6.07 Å². The molecule has 1 saturated heterocycles. The van der Waals surface area contributed by atoms with Crippen molar-refractivity contribution in [2.24, 2.45) is 5.92 Å².